The lowest BCUT2D eigenvalue weighted by Crippen LogP contribution is -2.45. The summed E-state index contributed by atoms with van der Waals surface area (Å²) in [5.41, 5.74) is 2.97. The van der Waals surface area contributed by atoms with Gasteiger partial charge in [0.1, 0.15) is 5.82 Å². The van der Waals surface area contributed by atoms with Gasteiger partial charge in [0.15, 0.2) is 0 Å². The van der Waals surface area contributed by atoms with Crippen molar-refractivity contribution in [1.82, 2.24) is 14.8 Å². The molecule has 3 nitrogen and oxygen atoms in total. The van der Waals surface area contributed by atoms with Crippen molar-refractivity contribution in [3.63, 3.8) is 0 Å². The fourth-order valence-electron chi connectivity index (χ4n) is 2.94. The molecule has 1 fully saturated rings. The van der Waals surface area contributed by atoms with Crippen molar-refractivity contribution in [2.45, 2.75) is 20.0 Å². The Labute approximate surface area is 141 Å². The van der Waals surface area contributed by atoms with Crippen molar-refractivity contribution >= 4 is 11.6 Å². The Hall–Kier alpha value is -1.49. The van der Waals surface area contributed by atoms with Crippen molar-refractivity contribution in [2.24, 2.45) is 0 Å². The number of piperazine rings is 1. The van der Waals surface area contributed by atoms with E-state index in [1.54, 1.807) is 12.1 Å². The minimum Gasteiger partial charge on any atom is -0.296 e. The number of aromatic nitrogens is 1. The average Bonchev–Trinajstić information content (AvgIpc) is 2.55. The number of rotatable bonds is 4. The summed E-state index contributed by atoms with van der Waals surface area (Å²) in [7, 11) is 0. The number of hydrogen-bond acceptors (Lipinski definition) is 3. The Kier molecular flexibility index (Phi) is 5.26. The molecule has 5 heteroatoms. The summed E-state index contributed by atoms with van der Waals surface area (Å²) in [6.45, 7) is 7.33. The average molecular weight is 334 g/mol. The van der Waals surface area contributed by atoms with Crippen LogP contribution in [0.25, 0.3) is 0 Å². The highest BCUT2D eigenvalue weighted by Crippen LogP contribution is 2.21. The van der Waals surface area contributed by atoms with Gasteiger partial charge in [-0.25, -0.2) is 4.39 Å². The van der Waals surface area contributed by atoms with E-state index in [0.29, 0.717) is 17.1 Å². The highest BCUT2D eigenvalue weighted by molar-refractivity contribution is 6.31. The van der Waals surface area contributed by atoms with Gasteiger partial charge in [0, 0.05) is 61.7 Å². The maximum Gasteiger partial charge on any atom is 0.129 e. The zero-order valence-corrected chi connectivity index (χ0v) is 14.1. The summed E-state index contributed by atoms with van der Waals surface area (Å²) < 4.78 is 13.9. The number of halogens is 2. The van der Waals surface area contributed by atoms with Gasteiger partial charge in [-0.15, -0.1) is 0 Å². The minimum atomic E-state index is -0.217. The third kappa shape index (κ3) is 4.08. The molecule has 2 heterocycles. The number of nitrogens with zero attached hydrogens (tertiary/aromatic N) is 3. The molecule has 1 saturated heterocycles. The molecule has 1 aliphatic heterocycles. The first-order chi connectivity index (χ1) is 11.1. The Morgan fingerprint density at radius 1 is 1.04 bits per heavy atom. The molecule has 122 valence electrons. The van der Waals surface area contributed by atoms with Crippen LogP contribution in [-0.4, -0.2) is 41.0 Å². The van der Waals surface area contributed by atoms with Crippen LogP contribution in [0.4, 0.5) is 4.39 Å². The molecule has 0 radical (unpaired) electrons. The van der Waals surface area contributed by atoms with Crippen LogP contribution in [-0.2, 0) is 13.1 Å². The second-order valence-corrected chi connectivity index (χ2v) is 6.41. The van der Waals surface area contributed by atoms with Gasteiger partial charge < -0.3 is 0 Å². The molecule has 0 unspecified atom stereocenters. The molecule has 0 spiro atoms. The fourth-order valence-corrected chi connectivity index (χ4v) is 3.16. The number of benzene rings is 1. The molecule has 0 amide bonds. The first-order valence-electron chi connectivity index (χ1n) is 7.91. The molecule has 2 aromatic rings. The predicted octanol–water partition coefficient (Wildman–Crippen LogP) is 3.50. The highest BCUT2D eigenvalue weighted by atomic mass is 35.5. The maximum atomic E-state index is 13.9. The molecule has 0 bridgehead atoms. The number of hydrogen-bond donors (Lipinski definition) is 0. The summed E-state index contributed by atoms with van der Waals surface area (Å²) in [5.74, 6) is -0.217. The van der Waals surface area contributed by atoms with E-state index in [2.05, 4.69) is 20.9 Å². The number of aryl methyl sites for hydroxylation is 1. The van der Waals surface area contributed by atoms with Crippen molar-refractivity contribution in [3.05, 3.63) is 64.2 Å². The molecule has 23 heavy (non-hydrogen) atoms. The summed E-state index contributed by atoms with van der Waals surface area (Å²) in [6.07, 6.45) is 1.83. The molecule has 0 atom stereocenters. The lowest BCUT2D eigenvalue weighted by Gasteiger charge is -2.35. The zero-order chi connectivity index (χ0) is 16.2. The Balaban J connectivity index is 1.56. The number of pyridine rings is 1. The molecule has 0 N–H and O–H groups in total. The highest BCUT2D eigenvalue weighted by Gasteiger charge is 2.19. The summed E-state index contributed by atoms with van der Waals surface area (Å²) in [6, 6.07) is 8.99. The normalized spacial score (nSPS) is 16.7. The van der Waals surface area contributed by atoms with Gasteiger partial charge in [-0.05, 0) is 30.7 Å². The van der Waals surface area contributed by atoms with E-state index in [4.69, 9.17) is 11.6 Å². The van der Waals surface area contributed by atoms with Gasteiger partial charge in [0.05, 0.1) is 0 Å². The van der Waals surface area contributed by atoms with Gasteiger partial charge in [0.25, 0.3) is 0 Å². The van der Waals surface area contributed by atoms with Crippen molar-refractivity contribution in [1.29, 1.82) is 0 Å². The van der Waals surface area contributed by atoms with Crippen LogP contribution in [0.1, 0.15) is 16.8 Å². The molecule has 3 rings (SSSR count). The van der Waals surface area contributed by atoms with E-state index in [-0.39, 0.29) is 5.82 Å². The Bertz CT molecular complexity index is 649. The van der Waals surface area contributed by atoms with Crippen molar-refractivity contribution < 1.29 is 4.39 Å². The van der Waals surface area contributed by atoms with E-state index in [0.717, 1.165) is 38.4 Å². The standard InChI is InChI=1S/C18H21ClFN3/c1-14-15(4-3-7-21-14)12-22-8-10-23(11-9-22)13-16-17(19)5-2-6-18(16)20/h2-7H,8-13H2,1H3. The third-order valence-electron chi connectivity index (χ3n) is 4.42. The fraction of sp³-hybridized carbons (Fsp3) is 0.389. The van der Waals surface area contributed by atoms with Crippen LogP contribution in [0, 0.1) is 12.7 Å². The van der Waals surface area contributed by atoms with E-state index in [1.807, 2.05) is 19.2 Å². The summed E-state index contributed by atoms with van der Waals surface area (Å²) >= 11 is 6.12. The van der Waals surface area contributed by atoms with Crippen LogP contribution in [0.15, 0.2) is 36.5 Å². The van der Waals surface area contributed by atoms with Crippen LogP contribution in [0.5, 0.6) is 0 Å². The topological polar surface area (TPSA) is 19.4 Å². The molecular weight excluding hydrogens is 313 g/mol. The van der Waals surface area contributed by atoms with Gasteiger partial charge in [-0.2, -0.15) is 0 Å². The molecule has 0 saturated carbocycles. The van der Waals surface area contributed by atoms with Crippen molar-refractivity contribution in [2.75, 3.05) is 26.2 Å². The second kappa shape index (κ2) is 7.39. The second-order valence-electron chi connectivity index (χ2n) is 6.00. The SMILES string of the molecule is Cc1ncccc1CN1CCN(Cc2c(F)cccc2Cl)CC1. The molecule has 0 aliphatic carbocycles. The smallest absolute Gasteiger partial charge is 0.129 e. The van der Waals surface area contributed by atoms with E-state index < -0.39 is 0 Å². The Morgan fingerprint density at radius 3 is 2.39 bits per heavy atom. The lowest BCUT2D eigenvalue weighted by atomic mass is 10.1. The van der Waals surface area contributed by atoms with Gasteiger partial charge in [-0.3, -0.25) is 14.8 Å². The van der Waals surface area contributed by atoms with Crippen LogP contribution in [0.3, 0.4) is 0 Å². The quantitative estimate of drug-likeness (QED) is 0.853. The van der Waals surface area contributed by atoms with Gasteiger partial charge in [0.2, 0.25) is 0 Å². The van der Waals surface area contributed by atoms with Crippen LogP contribution >= 0.6 is 11.6 Å². The third-order valence-corrected chi connectivity index (χ3v) is 4.77. The largest absolute Gasteiger partial charge is 0.296 e. The zero-order valence-electron chi connectivity index (χ0n) is 13.3. The molecule has 1 aromatic carbocycles. The maximum absolute atomic E-state index is 13.9. The minimum absolute atomic E-state index is 0.217. The first kappa shape index (κ1) is 16.4. The predicted molar refractivity (Wildman–Crippen MR) is 90.9 cm³/mol. The first-order valence-corrected chi connectivity index (χ1v) is 8.29. The summed E-state index contributed by atoms with van der Waals surface area (Å²) in [4.78, 5) is 9.02. The molecule has 1 aliphatic rings. The van der Waals surface area contributed by atoms with E-state index >= 15 is 0 Å². The molecular formula is C18H21ClFN3. The molecule has 1 aromatic heterocycles. The van der Waals surface area contributed by atoms with E-state index in [1.165, 1.54) is 11.6 Å². The Morgan fingerprint density at radius 2 is 1.74 bits per heavy atom. The van der Waals surface area contributed by atoms with Crippen LogP contribution < -0.4 is 0 Å². The van der Waals surface area contributed by atoms with Gasteiger partial charge >= 0.3 is 0 Å². The van der Waals surface area contributed by atoms with Crippen molar-refractivity contribution in [3.8, 4) is 0 Å². The van der Waals surface area contributed by atoms with E-state index in [9.17, 15) is 4.39 Å². The van der Waals surface area contributed by atoms with Crippen LogP contribution in [0.2, 0.25) is 5.02 Å². The summed E-state index contributed by atoms with van der Waals surface area (Å²) in [5, 5.41) is 0.512. The van der Waals surface area contributed by atoms with Gasteiger partial charge in [-0.1, -0.05) is 23.7 Å². The lowest BCUT2D eigenvalue weighted by molar-refractivity contribution is 0.121. The monoisotopic (exact) mass is 333 g/mol.